The Morgan fingerprint density at radius 2 is 2.13 bits per heavy atom. The van der Waals surface area contributed by atoms with E-state index in [-0.39, 0.29) is 0 Å². The first kappa shape index (κ1) is 12.7. The molecular weight excluding hydrogens is 188 g/mol. The maximum atomic E-state index is 9.93. The Hall–Kier alpha value is -0.340. The third-order valence-electron chi connectivity index (χ3n) is 3.08. The SMILES string of the molecule is CCCCCC/C=C1/COC(C)(C)[C@@H]1O. The molecule has 0 saturated carbocycles. The Labute approximate surface area is 93.3 Å². The van der Waals surface area contributed by atoms with Crippen molar-refractivity contribution in [3.8, 4) is 0 Å². The molecule has 0 aromatic heterocycles. The van der Waals surface area contributed by atoms with Crippen molar-refractivity contribution in [2.45, 2.75) is 64.6 Å². The van der Waals surface area contributed by atoms with E-state index in [4.69, 9.17) is 4.74 Å². The average Bonchev–Trinajstić information content (AvgIpc) is 2.44. The standard InChI is InChI=1S/C13H24O2/c1-4-5-6-7-8-9-11-10-15-13(2,3)12(11)14/h9,12,14H,4-8,10H2,1-3H3/b11-9-/t12-/m1/s1. The van der Waals surface area contributed by atoms with Gasteiger partial charge in [-0.25, -0.2) is 0 Å². The van der Waals surface area contributed by atoms with Gasteiger partial charge in [-0.3, -0.25) is 0 Å². The molecule has 2 heteroatoms. The number of rotatable bonds is 5. The van der Waals surface area contributed by atoms with Gasteiger partial charge in [0.05, 0.1) is 12.2 Å². The highest BCUT2D eigenvalue weighted by Crippen LogP contribution is 2.29. The van der Waals surface area contributed by atoms with Crippen molar-refractivity contribution in [3.63, 3.8) is 0 Å². The van der Waals surface area contributed by atoms with Gasteiger partial charge in [-0.15, -0.1) is 0 Å². The molecule has 0 bridgehead atoms. The molecule has 0 aromatic carbocycles. The van der Waals surface area contributed by atoms with E-state index in [2.05, 4.69) is 13.0 Å². The molecule has 0 aliphatic carbocycles. The van der Waals surface area contributed by atoms with Crippen LogP contribution in [0.15, 0.2) is 11.6 Å². The average molecular weight is 212 g/mol. The van der Waals surface area contributed by atoms with E-state index in [0.29, 0.717) is 6.61 Å². The number of hydrogen-bond donors (Lipinski definition) is 1. The number of allylic oxidation sites excluding steroid dienone is 1. The second kappa shape index (κ2) is 5.66. The fourth-order valence-corrected chi connectivity index (χ4v) is 1.90. The van der Waals surface area contributed by atoms with Gasteiger partial charge in [0.25, 0.3) is 0 Å². The summed E-state index contributed by atoms with van der Waals surface area (Å²) in [6.07, 6.45) is 7.93. The Kier molecular flexibility index (Phi) is 4.81. The van der Waals surface area contributed by atoms with Crippen LogP contribution in [-0.2, 0) is 4.74 Å². The highest BCUT2D eigenvalue weighted by molar-refractivity contribution is 5.18. The Balaban J connectivity index is 2.29. The first-order valence-corrected chi connectivity index (χ1v) is 6.09. The van der Waals surface area contributed by atoms with E-state index in [1.807, 2.05) is 13.8 Å². The lowest BCUT2D eigenvalue weighted by atomic mass is 9.97. The Morgan fingerprint density at radius 1 is 1.40 bits per heavy atom. The van der Waals surface area contributed by atoms with Gasteiger partial charge in [0, 0.05) is 0 Å². The normalized spacial score (nSPS) is 27.5. The molecule has 88 valence electrons. The monoisotopic (exact) mass is 212 g/mol. The minimum atomic E-state index is -0.413. The molecule has 1 atom stereocenters. The van der Waals surface area contributed by atoms with Crippen molar-refractivity contribution in [1.82, 2.24) is 0 Å². The van der Waals surface area contributed by atoms with Crippen LogP contribution in [-0.4, -0.2) is 23.4 Å². The van der Waals surface area contributed by atoms with Crippen LogP contribution in [0.25, 0.3) is 0 Å². The van der Waals surface area contributed by atoms with E-state index in [9.17, 15) is 5.11 Å². The lowest BCUT2D eigenvalue weighted by Crippen LogP contribution is -2.32. The van der Waals surface area contributed by atoms with E-state index in [0.717, 1.165) is 12.0 Å². The van der Waals surface area contributed by atoms with Gasteiger partial charge in [-0.2, -0.15) is 0 Å². The summed E-state index contributed by atoms with van der Waals surface area (Å²) in [5, 5.41) is 9.93. The van der Waals surface area contributed by atoms with Crippen LogP contribution in [0.1, 0.15) is 52.9 Å². The van der Waals surface area contributed by atoms with Crippen LogP contribution < -0.4 is 0 Å². The smallest absolute Gasteiger partial charge is 0.106 e. The lowest BCUT2D eigenvalue weighted by Gasteiger charge is -2.20. The highest BCUT2D eigenvalue weighted by Gasteiger charge is 2.37. The quantitative estimate of drug-likeness (QED) is 0.560. The predicted molar refractivity (Wildman–Crippen MR) is 62.9 cm³/mol. The minimum absolute atomic E-state index is 0.394. The zero-order chi connectivity index (χ0) is 11.3. The first-order chi connectivity index (χ1) is 7.08. The summed E-state index contributed by atoms with van der Waals surface area (Å²) in [6.45, 7) is 6.70. The summed E-state index contributed by atoms with van der Waals surface area (Å²) in [7, 11) is 0. The van der Waals surface area contributed by atoms with Crippen molar-refractivity contribution in [2.24, 2.45) is 0 Å². The minimum Gasteiger partial charge on any atom is -0.386 e. The largest absolute Gasteiger partial charge is 0.386 e. The van der Waals surface area contributed by atoms with Crippen LogP contribution in [0, 0.1) is 0 Å². The van der Waals surface area contributed by atoms with Crippen molar-refractivity contribution in [1.29, 1.82) is 0 Å². The maximum absolute atomic E-state index is 9.93. The predicted octanol–water partition coefficient (Wildman–Crippen LogP) is 3.05. The molecule has 0 radical (unpaired) electrons. The summed E-state index contributed by atoms with van der Waals surface area (Å²) in [5.74, 6) is 0. The Bertz CT molecular complexity index is 219. The highest BCUT2D eigenvalue weighted by atomic mass is 16.5. The first-order valence-electron chi connectivity index (χ1n) is 6.09. The van der Waals surface area contributed by atoms with Gasteiger partial charge in [-0.1, -0.05) is 32.3 Å². The molecule has 1 aliphatic heterocycles. The molecular formula is C13H24O2. The van der Waals surface area contributed by atoms with E-state index in [1.54, 1.807) is 0 Å². The number of aliphatic hydroxyl groups is 1. The molecule has 1 N–H and O–H groups in total. The van der Waals surface area contributed by atoms with Crippen LogP contribution >= 0.6 is 0 Å². The summed E-state index contributed by atoms with van der Waals surface area (Å²) < 4.78 is 5.53. The molecule has 1 aliphatic rings. The fraction of sp³-hybridized carbons (Fsp3) is 0.846. The summed E-state index contributed by atoms with van der Waals surface area (Å²) in [4.78, 5) is 0. The summed E-state index contributed by atoms with van der Waals surface area (Å²) >= 11 is 0. The number of ether oxygens (including phenoxy) is 1. The Morgan fingerprint density at radius 3 is 2.67 bits per heavy atom. The van der Waals surface area contributed by atoms with Gasteiger partial charge in [0.1, 0.15) is 6.10 Å². The molecule has 0 unspecified atom stereocenters. The molecule has 0 aromatic rings. The van der Waals surface area contributed by atoms with Gasteiger partial charge in [0.15, 0.2) is 0 Å². The summed E-state index contributed by atoms with van der Waals surface area (Å²) in [6, 6.07) is 0. The van der Waals surface area contributed by atoms with Crippen LogP contribution in [0.3, 0.4) is 0 Å². The maximum Gasteiger partial charge on any atom is 0.106 e. The van der Waals surface area contributed by atoms with Crippen LogP contribution in [0.2, 0.25) is 0 Å². The van der Waals surface area contributed by atoms with E-state index < -0.39 is 11.7 Å². The summed E-state index contributed by atoms with van der Waals surface area (Å²) in [5.41, 5.74) is 0.673. The second-order valence-corrected chi connectivity index (χ2v) is 4.92. The molecule has 15 heavy (non-hydrogen) atoms. The molecule has 0 spiro atoms. The molecule has 1 saturated heterocycles. The van der Waals surface area contributed by atoms with Gasteiger partial charge >= 0.3 is 0 Å². The molecule has 1 heterocycles. The number of hydrogen-bond acceptors (Lipinski definition) is 2. The van der Waals surface area contributed by atoms with Gasteiger partial charge < -0.3 is 9.84 Å². The zero-order valence-electron chi connectivity index (χ0n) is 10.3. The van der Waals surface area contributed by atoms with Gasteiger partial charge in [0.2, 0.25) is 0 Å². The zero-order valence-corrected chi connectivity index (χ0v) is 10.3. The van der Waals surface area contributed by atoms with Crippen molar-refractivity contribution in [3.05, 3.63) is 11.6 Å². The van der Waals surface area contributed by atoms with E-state index >= 15 is 0 Å². The molecule has 1 fully saturated rings. The fourth-order valence-electron chi connectivity index (χ4n) is 1.90. The van der Waals surface area contributed by atoms with Crippen LogP contribution in [0.4, 0.5) is 0 Å². The van der Waals surface area contributed by atoms with Crippen molar-refractivity contribution in [2.75, 3.05) is 6.61 Å². The third kappa shape index (κ3) is 3.62. The number of unbranched alkanes of at least 4 members (excludes halogenated alkanes) is 4. The molecule has 1 rings (SSSR count). The lowest BCUT2D eigenvalue weighted by molar-refractivity contribution is -0.0271. The number of aliphatic hydroxyl groups excluding tert-OH is 1. The topological polar surface area (TPSA) is 29.5 Å². The second-order valence-electron chi connectivity index (χ2n) is 4.92. The van der Waals surface area contributed by atoms with Crippen LogP contribution in [0.5, 0.6) is 0 Å². The molecule has 2 nitrogen and oxygen atoms in total. The third-order valence-corrected chi connectivity index (χ3v) is 3.08. The molecule has 0 amide bonds. The van der Waals surface area contributed by atoms with E-state index in [1.165, 1.54) is 25.7 Å². The van der Waals surface area contributed by atoms with Crippen molar-refractivity contribution >= 4 is 0 Å². The van der Waals surface area contributed by atoms with Gasteiger partial charge in [-0.05, 0) is 32.3 Å². The van der Waals surface area contributed by atoms with Crippen molar-refractivity contribution < 1.29 is 9.84 Å².